The molecule has 1 aliphatic heterocycles. The third-order valence-electron chi connectivity index (χ3n) is 13.0. The van der Waals surface area contributed by atoms with Crippen molar-refractivity contribution in [2.24, 2.45) is 50.2 Å². The molecule has 6 heteroatoms. The van der Waals surface area contributed by atoms with Crippen molar-refractivity contribution in [3.05, 3.63) is 11.6 Å². The molecule has 0 aromatic carbocycles. The van der Waals surface area contributed by atoms with Crippen molar-refractivity contribution >= 4 is 17.9 Å². The van der Waals surface area contributed by atoms with Crippen molar-refractivity contribution in [1.82, 2.24) is 0 Å². The summed E-state index contributed by atoms with van der Waals surface area (Å²) in [5.41, 5.74) is -0.494. The summed E-state index contributed by atoms with van der Waals surface area (Å²) >= 11 is 0. The number of hydrogen-bond acceptors (Lipinski definition) is 5. The second-order valence-electron chi connectivity index (χ2n) is 15.0. The van der Waals surface area contributed by atoms with Gasteiger partial charge in [-0.1, -0.05) is 39.3 Å². The van der Waals surface area contributed by atoms with Gasteiger partial charge in [0, 0.05) is 11.8 Å². The fourth-order valence-electron chi connectivity index (χ4n) is 10.6. The standard InChI is InChI=1S/C31H46O6/c1-26(2,24(34)36-8)20-11-12-31(7)21(29(20,5)17-23(32)33)10-9-18-19-15-27(3)16-22(37-25(27)35)28(19,4)13-14-30(18,31)6/h9,19-22H,10-17H2,1-8H3,(H,32,33). The number of ether oxygens (including phenoxy) is 2. The zero-order valence-electron chi connectivity index (χ0n) is 24.0. The first-order valence-corrected chi connectivity index (χ1v) is 14.2. The topological polar surface area (TPSA) is 89.9 Å². The number of rotatable bonds is 4. The SMILES string of the molecule is COC(=O)C(C)(C)C1CCC2(C)C(CC=C3C4CC5(C)CC(OC5=O)C4(C)CCC32C)C1(C)CC(=O)O. The first kappa shape index (κ1) is 26.7. The molecule has 0 aromatic rings. The van der Waals surface area contributed by atoms with Gasteiger partial charge in [0.1, 0.15) is 6.10 Å². The van der Waals surface area contributed by atoms with Crippen molar-refractivity contribution < 1.29 is 29.0 Å². The summed E-state index contributed by atoms with van der Waals surface area (Å²) in [5, 5.41) is 10.1. The largest absolute Gasteiger partial charge is 0.481 e. The van der Waals surface area contributed by atoms with Gasteiger partial charge in [0.25, 0.3) is 0 Å². The predicted octanol–water partition coefficient (Wildman–Crippen LogP) is 6.18. The summed E-state index contributed by atoms with van der Waals surface area (Å²) < 4.78 is 11.2. The van der Waals surface area contributed by atoms with Crippen LogP contribution in [-0.4, -0.2) is 36.2 Å². The molecule has 2 bridgehead atoms. The number of carboxylic acid groups (broad SMARTS) is 1. The lowest BCUT2D eigenvalue weighted by Gasteiger charge is -2.69. The van der Waals surface area contributed by atoms with E-state index in [-0.39, 0.29) is 52.5 Å². The molecule has 1 N–H and O–H groups in total. The number of methoxy groups -OCH3 is 1. The van der Waals surface area contributed by atoms with Crippen LogP contribution in [-0.2, 0) is 23.9 Å². The minimum Gasteiger partial charge on any atom is -0.481 e. The van der Waals surface area contributed by atoms with E-state index in [1.807, 2.05) is 13.8 Å². The van der Waals surface area contributed by atoms with E-state index in [4.69, 9.17) is 9.47 Å². The number of carbonyl (C=O) groups excluding carboxylic acids is 2. The molecule has 1 heterocycles. The van der Waals surface area contributed by atoms with Gasteiger partial charge < -0.3 is 14.6 Å². The Balaban J connectivity index is 1.60. The molecule has 5 rings (SSSR count). The molecule has 0 spiro atoms. The first-order chi connectivity index (χ1) is 17.0. The monoisotopic (exact) mass is 514 g/mol. The Morgan fingerprint density at radius 1 is 1.11 bits per heavy atom. The normalized spacial score (nSPS) is 48.6. The van der Waals surface area contributed by atoms with Gasteiger partial charge in [0.2, 0.25) is 0 Å². The molecule has 37 heavy (non-hydrogen) atoms. The van der Waals surface area contributed by atoms with Crippen molar-refractivity contribution in [1.29, 1.82) is 0 Å². The highest BCUT2D eigenvalue weighted by Crippen LogP contribution is 2.75. The molecule has 1 saturated heterocycles. The molecule has 0 aromatic heterocycles. The lowest BCUT2D eigenvalue weighted by molar-refractivity contribution is -0.190. The van der Waals surface area contributed by atoms with E-state index in [0.29, 0.717) is 5.92 Å². The Morgan fingerprint density at radius 2 is 1.78 bits per heavy atom. The number of aliphatic carboxylic acids is 1. The van der Waals surface area contributed by atoms with Crippen LogP contribution in [0.15, 0.2) is 11.6 Å². The van der Waals surface area contributed by atoms with Crippen LogP contribution in [0.5, 0.6) is 0 Å². The zero-order valence-corrected chi connectivity index (χ0v) is 24.0. The van der Waals surface area contributed by atoms with E-state index in [0.717, 1.165) is 44.9 Å². The Hall–Kier alpha value is -1.85. The van der Waals surface area contributed by atoms with Gasteiger partial charge >= 0.3 is 17.9 Å². The van der Waals surface area contributed by atoms with Crippen LogP contribution in [0.2, 0.25) is 0 Å². The number of carbonyl (C=O) groups is 3. The summed E-state index contributed by atoms with van der Waals surface area (Å²) in [4.78, 5) is 38.1. The molecule has 4 aliphatic carbocycles. The van der Waals surface area contributed by atoms with E-state index in [2.05, 4.69) is 40.7 Å². The van der Waals surface area contributed by atoms with Crippen LogP contribution in [0.25, 0.3) is 0 Å². The number of carboxylic acids is 1. The molecule has 5 aliphatic rings. The highest BCUT2D eigenvalue weighted by atomic mass is 16.6. The minimum atomic E-state index is -0.805. The molecule has 9 atom stereocenters. The molecular formula is C31H46O6. The molecule has 3 saturated carbocycles. The van der Waals surface area contributed by atoms with Gasteiger partial charge in [-0.25, -0.2) is 0 Å². The number of allylic oxidation sites excluding steroid dienone is 2. The lowest BCUT2D eigenvalue weighted by Crippen LogP contribution is -2.63. The zero-order chi connectivity index (χ0) is 27.4. The smallest absolute Gasteiger partial charge is 0.312 e. The Morgan fingerprint density at radius 3 is 2.41 bits per heavy atom. The second kappa shape index (κ2) is 7.85. The fourth-order valence-corrected chi connectivity index (χ4v) is 10.6. The number of fused-ring (bicyclic) bond motifs is 8. The van der Waals surface area contributed by atoms with Crippen LogP contribution >= 0.6 is 0 Å². The van der Waals surface area contributed by atoms with Gasteiger partial charge in [0.15, 0.2) is 0 Å². The second-order valence-corrected chi connectivity index (χ2v) is 15.0. The molecule has 0 amide bonds. The first-order valence-electron chi connectivity index (χ1n) is 14.2. The van der Waals surface area contributed by atoms with Crippen molar-refractivity contribution in [2.75, 3.05) is 7.11 Å². The summed E-state index contributed by atoms with van der Waals surface area (Å²) in [6.07, 6.45) is 8.69. The molecule has 0 radical (unpaired) electrons. The quantitative estimate of drug-likeness (QED) is 0.356. The van der Waals surface area contributed by atoms with Crippen LogP contribution in [0.4, 0.5) is 0 Å². The molecule has 6 nitrogen and oxygen atoms in total. The molecule has 4 fully saturated rings. The summed E-state index contributed by atoms with van der Waals surface area (Å²) in [7, 11) is 1.42. The Kier molecular flexibility index (Phi) is 5.67. The van der Waals surface area contributed by atoms with E-state index in [1.54, 1.807) is 0 Å². The van der Waals surface area contributed by atoms with E-state index in [9.17, 15) is 19.5 Å². The van der Waals surface area contributed by atoms with Gasteiger partial charge in [-0.05, 0) is 93.3 Å². The third-order valence-corrected chi connectivity index (χ3v) is 13.0. The predicted molar refractivity (Wildman–Crippen MR) is 139 cm³/mol. The highest BCUT2D eigenvalue weighted by Gasteiger charge is 2.70. The van der Waals surface area contributed by atoms with Crippen molar-refractivity contribution in [2.45, 2.75) is 106 Å². The summed E-state index contributed by atoms with van der Waals surface area (Å²) in [6.45, 7) is 15.2. The molecule has 9 unspecified atom stereocenters. The Bertz CT molecular complexity index is 1080. The average Bonchev–Trinajstić information content (AvgIpc) is 3.06. The van der Waals surface area contributed by atoms with Gasteiger partial charge in [-0.15, -0.1) is 0 Å². The third kappa shape index (κ3) is 3.25. The van der Waals surface area contributed by atoms with Gasteiger partial charge in [-0.2, -0.15) is 0 Å². The number of hydrogen-bond donors (Lipinski definition) is 1. The maximum atomic E-state index is 12.9. The number of esters is 2. The molecule has 206 valence electrons. The maximum absolute atomic E-state index is 12.9. The maximum Gasteiger partial charge on any atom is 0.312 e. The van der Waals surface area contributed by atoms with Crippen LogP contribution in [0.3, 0.4) is 0 Å². The van der Waals surface area contributed by atoms with Gasteiger partial charge in [-0.3, -0.25) is 14.4 Å². The summed E-state index contributed by atoms with van der Waals surface area (Å²) in [5.74, 6) is -0.764. The Labute approximate surface area is 221 Å². The van der Waals surface area contributed by atoms with Crippen LogP contribution in [0, 0.1) is 50.2 Å². The van der Waals surface area contributed by atoms with E-state index < -0.39 is 22.2 Å². The van der Waals surface area contributed by atoms with E-state index >= 15 is 0 Å². The van der Waals surface area contributed by atoms with E-state index in [1.165, 1.54) is 12.7 Å². The van der Waals surface area contributed by atoms with Crippen molar-refractivity contribution in [3.63, 3.8) is 0 Å². The molecular weight excluding hydrogens is 468 g/mol. The summed E-state index contributed by atoms with van der Waals surface area (Å²) in [6, 6.07) is 0. The average molecular weight is 515 g/mol. The highest BCUT2D eigenvalue weighted by molar-refractivity contribution is 5.79. The van der Waals surface area contributed by atoms with Crippen LogP contribution < -0.4 is 0 Å². The fraction of sp³-hybridized carbons (Fsp3) is 0.839. The van der Waals surface area contributed by atoms with Gasteiger partial charge in [0.05, 0.1) is 24.4 Å². The van der Waals surface area contributed by atoms with Crippen LogP contribution in [0.1, 0.15) is 99.8 Å². The lowest BCUT2D eigenvalue weighted by atomic mass is 9.34. The van der Waals surface area contributed by atoms with Crippen molar-refractivity contribution in [3.8, 4) is 0 Å². The minimum absolute atomic E-state index is 0.0198.